The average molecular weight is 238 g/mol. The Kier molecular flexibility index (Phi) is 2.55. The first-order valence-corrected chi connectivity index (χ1v) is 6.06. The normalized spacial score (nSPS) is 11.0. The minimum atomic E-state index is 0.726. The van der Waals surface area contributed by atoms with Crippen molar-refractivity contribution in [3.63, 3.8) is 0 Å². The maximum absolute atomic E-state index is 4.62. The number of H-pyrrole nitrogens is 1. The van der Waals surface area contributed by atoms with Crippen LogP contribution in [0.1, 0.15) is 18.4 Å². The number of aryl methyl sites for hydroxylation is 2. The van der Waals surface area contributed by atoms with E-state index in [1.807, 2.05) is 25.1 Å². The summed E-state index contributed by atoms with van der Waals surface area (Å²) in [6.45, 7) is 4.01. The second-order valence-electron chi connectivity index (χ2n) is 4.27. The summed E-state index contributed by atoms with van der Waals surface area (Å²) in [6, 6.07) is 10.2. The van der Waals surface area contributed by atoms with Crippen molar-refractivity contribution in [2.24, 2.45) is 0 Å². The van der Waals surface area contributed by atoms with Gasteiger partial charge in [0.2, 0.25) is 0 Å². The zero-order chi connectivity index (χ0) is 12.5. The molecule has 2 heterocycles. The number of aromatic nitrogens is 4. The summed E-state index contributed by atoms with van der Waals surface area (Å²) in [5.41, 5.74) is 3.12. The summed E-state index contributed by atoms with van der Waals surface area (Å²) in [6.07, 6.45) is 0.944. The van der Waals surface area contributed by atoms with E-state index in [2.05, 4.69) is 39.2 Å². The maximum atomic E-state index is 4.62. The summed E-state index contributed by atoms with van der Waals surface area (Å²) in [4.78, 5) is 9.00. The molecule has 0 saturated heterocycles. The standard InChI is InChI=1S/C14H14N4/c1-3-10-7-8-11-12(5-4-6-13(11)16-10)14-15-9(2)17-18-14/h4-8H,3H2,1-2H3,(H,15,17,18). The van der Waals surface area contributed by atoms with Crippen molar-refractivity contribution >= 4 is 10.9 Å². The number of fused-ring (bicyclic) bond motifs is 1. The van der Waals surface area contributed by atoms with Crippen molar-refractivity contribution in [2.45, 2.75) is 20.3 Å². The zero-order valence-corrected chi connectivity index (χ0v) is 10.4. The molecule has 0 aliphatic heterocycles. The number of aromatic amines is 1. The Balaban J connectivity index is 2.24. The lowest BCUT2D eigenvalue weighted by atomic mass is 10.1. The zero-order valence-electron chi connectivity index (χ0n) is 10.4. The first-order valence-electron chi connectivity index (χ1n) is 6.06. The molecule has 18 heavy (non-hydrogen) atoms. The van der Waals surface area contributed by atoms with Gasteiger partial charge in [-0.1, -0.05) is 25.1 Å². The van der Waals surface area contributed by atoms with Crippen LogP contribution in [0.15, 0.2) is 30.3 Å². The Bertz CT molecular complexity index is 700. The van der Waals surface area contributed by atoms with Crippen molar-refractivity contribution < 1.29 is 0 Å². The third-order valence-corrected chi connectivity index (χ3v) is 2.99. The van der Waals surface area contributed by atoms with Crippen LogP contribution in [0.3, 0.4) is 0 Å². The SMILES string of the molecule is CCc1ccc2c(-c3n[nH]c(C)n3)cccc2n1. The average Bonchev–Trinajstić information content (AvgIpc) is 2.84. The number of nitrogens with zero attached hydrogens (tertiary/aromatic N) is 3. The van der Waals surface area contributed by atoms with Gasteiger partial charge in [-0.3, -0.25) is 10.1 Å². The van der Waals surface area contributed by atoms with Crippen LogP contribution in [0.4, 0.5) is 0 Å². The van der Waals surface area contributed by atoms with E-state index >= 15 is 0 Å². The minimum Gasteiger partial charge on any atom is -0.263 e. The molecule has 3 rings (SSSR count). The van der Waals surface area contributed by atoms with E-state index in [-0.39, 0.29) is 0 Å². The molecular weight excluding hydrogens is 224 g/mol. The van der Waals surface area contributed by atoms with Crippen molar-refractivity contribution in [2.75, 3.05) is 0 Å². The topological polar surface area (TPSA) is 54.5 Å². The molecule has 4 nitrogen and oxygen atoms in total. The summed E-state index contributed by atoms with van der Waals surface area (Å²) in [5, 5.41) is 8.18. The number of hydrogen-bond acceptors (Lipinski definition) is 3. The molecule has 0 atom stereocenters. The Morgan fingerprint density at radius 2 is 2.00 bits per heavy atom. The van der Waals surface area contributed by atoms with Crippen LogP contribution in [0.2, 0.25) is 0 Å². The lowest BCUT2D eigenvalue weighted by Crippen LogP contribution is -1.90. The molecule has 90 valence electrons. The smallest absolute Gasteiger partial charge is 0.181 e. The molecule has 0 amide bonds. The first kappa shape index (κ1) is 10.9. The predicted octanol–water partition coefficient (Wildman–Crippen LogP) is 2.89. The highest BCUT2D eigenvalue weighted by Gasteiger charge is 2.08. The van der Waals surface area contributed by atoms with Crippen molar-refractivity contribution in [3.05, 3.63) is 41.9 Å². The molecule has 3 aromatic rings. The van der Waals surface area contributed by atoms with E-state index in [9.17, 15) is 0 Å². The predicted molar refractivity (Wildman–Crippen MR) is 71.2 cm³/mol. The van der Waals surface area contributed by atoms with Crippen molar-refractivity contribution in [3.8, 4) is 11.4 Å². The van der Waals surface area contributed by atoms with E-state index in [1.54, 1.807) is 0 Å². The quantitative estimate of drug-likeness (QED) is 0.746. The summed E-state index contributed by atoms with van der Waals surface area (Å²) in [5.74, 6) is 1.55. The molecule has 0 radical (unpaired) electrons. The highest BCUT2D eigenvalue weighted by atomic mass is 15.2. The van der Waals surface area contributed by atoms with Crippen LogP contribution in [0.5, 0.6) is 0 Å². The summed E-state index contributed by atoms with van der Waals surface area (Å²) in [7, 11) is 0. The maximum Gasteiger partial charge on any atom is 0.181 e. The third-order valence-electron chi connectivity index (χ3n) is 2.99. The van der Waals surface area contributed by atoms with Crippen LogP contribution in [0, 0.1) is 6.92 Å². The molecular formula is C14H14N4. The molecule has 0 bridgehead atoms. The molecule has 1 N–H and O–H groups in total. The first-order chi connectivity index (χ1) is 8.78. The van der Waals surface area contributed by atoms with E-state index in [1.165, 1.54) is 0 Å². The second kappa shape index (κ2) is 4.22. The van der Waals surface area contributed by atoms with Crippen LogP contribution in [0.25, 0.3) is 22.3 Å². The van der Waals surface area contributed by atoms with Gasteiger partial charge in [0.15, 0.2) is 5.82 Å². The summed E-state index contributed by atoms with van der Waals surface area (Å²) < 4.78 is 0. The number of nitrogens with one attached hydrogen (secondary N) is 1. The number of rotatable bonds is 2. The van der Waals surface area contributed by atoms with E-state index in [4.69, 9.17) is 0 Å². The fourth-order valence-corrected chi connectivity index (χ4v) is 2.05. The lowest BCUT2D eigenvalue weighted by Gasteiger charge is -2.04. The Morgan fingerprint density at radius 1 is 1.11 bits per heavy atom. The van der Waals surface area contributed by atoms with Gasteiger partial charge in [-0.2, -0.15) is 5.10 Å². The van der Waals surface area contributed by atoms with Crippen LogP contribution in [-0.4, -0.2) is 20.2 Å². The highest BCUT2D eigenvalue weighted by Crippen LogP contribution is 2.25. The third kappa shape index (κ3) is 1.76. The minimum absolute atomic E-state index is 0.726. The fraction of sp³-hybridized carbons (Fsp3) is 0.214. The highest BCUT2D eigenvalue weighted by molar-refractivity contribution is 5.92. The van der Waals surface area contributed by atoms with Crippen LogP contribution < -0.4 is 0 Å². The molecule has 0 aliphatic rings. The monoisotopic (exact) mass is 238 g/mol. The summed E-state index contributed by atoms with van der Waals surface area (Å²) >= 11 is 0. The Labute approximate surface area is 105 Å². The van der Waals surface area contributed by atoms with E-state index in [0.29, 0.717) is 0 Å². The van der Waals surface area contributed by atoms with Crippen molar-refractivity contribution in [1.82, 2.24) is 20.2 Å². The second-order valence-corrected chi connectivity index (χ2v) is 4.27. The van der Waals surface area contributed by atoms with Crippen molar-refractivity contribution in [1.29, 1.82) is 0 Å². The van der Waals surface area contributed by atoms with Crippen LogP contribution in [-0.2, 0) is 6.42 Å². The molecule has 0 unspecified atom stereocenters. The van der Waals surface area contributed by atoms with E-state index < -0.39 is 0 Å². The van der Waals surface area contributed by atoms with Gasteiger partial charge in [-0.05, 0) is 25.5 Å². The number of hydrogen-bond donors (Lipinski definition) is 1. The molecule has 4 heteroatoms. The number of benzene rings is 1. The lowest BCUT2D eigenvalue weighted by molar-refractivity contribution is 1.04. The molecule has 0 aliphatic carbocycles. The van der Waals surface area contributed by atoms with Crippen LogP contribution >= 0.6 is 0 Å². The molecule has 0 saturated carbocycles. The van der Waals surface area contributed by atoms with Gasteiger partial charge in [0.05, 0.1) is 5.52 Å². The molecule has 0 fully saturated rings. The van der Waals surface area contributed by atoms with Gasteiger partial charge in [-0.25, -0.2) is 4.98 Å². The van der Waals surface area contributed by atoms with E-state index in [0.717, 1.165) is 40.2 Å². The largest absolute Gasteiger partial charge is 0.263 e. The van der Waals surface area contributed by atoms with Gasteiger partial charge in [0.25, 0.3) is 0 Å². The van der Waals surface area contributed by atoms with Gasteiger partial charge in [0.1, 0.15) is 5.82 Å². The fourth-order valence-electron chi connectivity index (χ4n) is 2.05. The Morgan fingerprint density at radius 3 is 2.72 bits per heavy atom. The molecule has 2 aromatic heterocycles. The molecule has 1 aromatic carbocycles. The van der Waals surface area contributed by atoms with Gasteiger partial charge in [-0.15, -0.1) is 0 Å². The van der Waals surface area contributed by atoms with Gasteiger partial charge >= 0.3 is 0 Å². The van der Waals surface area contributed by atoms with Gasteiger partial charge < -0.3 is 0 Å². The number of pyridine rings is 1. The molecule has 0 spiro atoms. The van der Waals surface area contributed by atoms with Gasteiger partial charge in [0, 0.05) is 16.6 Å². The Hall–Kier alpha value is -2.23.